The van der Waals surface area contributed by atoms with E-state index >= 15 is 0 Å². The fourth-order valence-electron chi connectivity index (χ4n) is 6.45. The second-order valence-corrected chi connectivity index (χ2v) is 14.7. The highest BCUT2D eigenvalue weighted by atomic mass is 19.4. The summed E-state index contributed by atoms with van der Waals surface area (Å²) in [5.74, 6) is -1.85. The SMILES string of the molecule is C[C@H]1C[C@@H](C(=O)NCCc2ccc(C(F)(F)F)cc2)N(c2cc(N3CCC(CCNC(=O)CCCC(=O)OC(C)(C)C)CC3)nc(C(F)(F)F)n2)C1. The molecule has 288 valence electrons. The number of amides is 2. The highest BCUT2D eigenvalue weighted by Gasteiger charge is 2.40. The van der Waals surface area contributed by atoms with E-state index in [9.17, 15) is 40.7 Å². The molecule has 2 fully saturated rings. The fourth-order valence-corrected chi connectivity index (χ4v) is 6.45. The van der Waals surface area contributed by atoms with Crippen molar-refractivity contribution in [3.63, 3.8) is 0 Å². The zero-order chi connectivity index (χ0) is 38.3. The number of piperidine rings is 1. The summed E-state index contributed by atoms with van der Waals surface area (Å²) in [6.07, 6.45) is -5.80. The van der Waals surface area contributed by atoms with Gasteiger partial charge in [0, 0.05) is 51.6 Å². The molecule has 2 aliphatic rings. The van der Waals surface area contributed by atoms with Crippen molar-refractivity contribution in [2.75, 3.05) is 42.5 Å². The molecule has 0 bridgehead atoms. The lowest BCUT2D eigenvalue weighted by Crippen LogP contribution is -2.44. The van der Waals surface area contributed by atoms with Crippen LogP contribution in [0.5, 0.6) is 0 Å². The van der Waals surface area contributed by atoms with E-state index in [-0.39, 0.29) is 61.2 Å². The fraction of sp³-hybridized carbons (Fsp3) is 0.639. The van der Waals surface area contributed by atoms with Crippen molar-refractivity contribution in [3.8, 4) is 0 Å². The van der Waals surface area contributed by atoms with Gasteiger partial charge in [-0.15, -0.1) is 0 Å². The standard InChI is InChI=1S/C36H48F6N6O4/c1-23-20-27(32(51)44-17-13-24-8-10-26(11-9-24)35(37,38)39)48(22-23)29-21-28(45-33(46-29)36(40,41)42)47-18-14-25(15-19-47)12-16-43-30(49)6-5-7-31(50)52-34(2,3)4/h8-11,21,23,25,27H,5-7,12-20,22H2,1-4H3,(H,43,49)(H,44,51)/t23-,27-/m0/s1. The Morgan fingerprint density at radius 3 is 2.15 bits per heavy atom. The van der Waals surface area contributed by atoms with Crippen molar-refractivity contribution >= 4 is 29.4 Å². The van der Waals surface area contributed by atoms with Crippen molar-refractivity contribution in [2.24, 2.45) is 11.8 Å². The normalized spacial score (nSPS) is 18.7. The van der Waals surface area contributed by atoms with Crippen LogP contribution < -0.4 is 20.4 Å². The summed E-state index contributed by atoms with van der Waals surface area (Å²) in [5, 5.41) is 5.66. The molecule has 2 N–H and O–H groups in total. The van der Waals surface area contributed by atoms with Gasteiger partial charge in [0.15, 0.2) is 0 Å². The van der Waals surface area contributed by atoms with Crippen LogP contribution in [0.15, 0.2) is 30.3 Å². The van der Waals surface area contributed by atoms with Crippen LogP contribution in [0.4, 0.5) is 38.0 Å². The number of rotatable bonds is 13. The van der Waals surface area contributed by atoms with Gasteiger partial charge in [-0.25, -0.2) is 9.97 Å². The Bertz CT molecular complexity index is 1520. The molecule has 0 spiro atoms. The predicted octanol–water partition coefficient (Wildman–Crippen LogP) is 6.32. The average molecular weight is 743 g/mol. The molecule has 2 amide bonds. The van der Waals surface area contributed by atoms with E-state index in [0.717, 1.165) is 12.1 Å². The number of carbonyl (C=O) groups excluding carboxylic acids is 3. The molecule has 0 saturated carbocycles. The van der Waals surface area contributed by atoms with Crippen LogP contribution >= 0.6 is 0 Å². The van der Waals surface area contributed by atoms with E-state index in [1.807, 2.05) is 6.92 Å². The number of ether oxygens (including phenoxy) is 1. The molecular weight excluding hydrogens is 694 g/mol. The molecule has 2 atom stereocenters. The van der Waals surface area contributed by atoms with Gasteiger partial charge >= 0.3 is 18.3 Å². The molecule has 1 aromatic carbocycles. The topological polar surface area (TPSA) is 117 Å². The van der Waals surface area contributed by atoms with Crippen LogP contribution in [0.25, 0.3) is 0 Å². The lowest BCUT2D eigenvalue weighted by Gasteiger charge is -2.34. The third kappa shape index (κ3) is 12.2. The van der Waals surface area contributed by atoms with Gasteiger partial charge in [0.05, 0.1) is 5.56 Å². The lowest BCUT2D eigenvalue weighted by atomic mass is 9.93. The van der Waals surface area contributed by atoms with Crippen molar-refractivity contribution in [3.05, 3.63) is 47.3 Å². The van der Waals surface area contributed by atoms with E-state index in [0.29, 0.717) is 63.8 Å². The number of carbonyl (C=O) groups is 3. The van der Waals surface area contributed by atoms with E-state index in [4.69, 9.17) is 4.74 Å². The summed E-state index contributed by atoms with van der Waals surface area (Å²) < 4.78 is 86.0. The quantitative estimate of drug-likeness (QED) is 0.181. The zero-order valence-electron chi connectivity index (χ0n) is 30.0. The maximum Gasteiger partial charge on any atom is 0.451 e. The minimum absolute atomic E-state index is 0.000990. The van der Waals surface area contributed by atoms with Gasteiger partial charge < -0.3 is 25.2 Å². The molecule has 1 aromatic heterocycles. The van der Waals surface area contributed by atoms with Crippen LogP contribution in [-0.4, -0.2) is 72.1 Å². The van der Waals surface area contributed by atoms with Gasteiger partial charge in [-0.05, 0) is 88.8 Å². The van der Waals surface area contributed by atoms with Crippen molar-refractivity contribution in [1.29, 1.82) is 0 Å². The number of esters is 1. The molecule has 3 heterocycles. The van der Waals surface area contributed by atoms with Crippen LogP contribution in [0, 0.1) is 11.8 Å². The molecule has 4 rings (SSSR count). The summed E-state index contributed by atoms with van der Waals surface area (Å²) in [6, 6.07) is 5.35. The molecule has 0 aliphatic carbocycles. The Kier molecular flexibility index (Phi) is 13.4. The first-order chi connectivity index (χ1) is 24.3. The number of halogens is 6. The monoisotopic (exact) mass is 742 g/mol. The van der Waals surface area contributed by atoms with Crippen LogP contribution in [0.2, 0.25) is 0 Å². The highest BCUT2D eigenvalue weighted by Crippen LogP contribution is 2.35. The smallest absolute Gasteiger partial charge is 0.451 e. The van der Waals surface area contributed by atoms with Gasteiger partial charge in [0.1, 0.15) is 23.3 Å². The number of benzene rings is 1. The van der Waals surface area contributed by atoms with Crippen molar-refractivity contribution < 1.29 is 45.5 Å². The molecule has 0 radical (unpaired) electrons. The van der Waals surface area contributed by atoms with E-state index in [1.165, 1.54) is 18.2 Å². The third-order valence-corrected chi connectivity index (χ3v) is 9.07. The molecule has 2 saturated heterocycles. The van der Waals surface area contributed by atoms with Gasteiger partial charge in [0.25, 0.3) is 0 Å². The van der Waals surface area contributed by atoms with Crippen LogP contribution in [0.1, 0.15) is 89.6 Å². The zero-order valence-corrected chi connectivity index (χ0v) is 30.0. The first-order valence-corrected chi connectivity index (χ1v) is 17.7. The molecule has 10 nitrogen and oxygen atoms in total. The Balaban J connectivity index is 1.31. The van der Waals surface area contributed by atoms with E-state index in [2.05, 4.69) is 20.6 Å². The van der Waals surface area contributed by atoms with Gasteiger partial charge in [0.2, 0.25) is 17.6 Å². The Labute approximate surface area is 300 Å². The summed E-state index contributed by atoms with van der Waals surface area (Å²) in [7, 11) is 0. The van der Waals surface area contributed by atoms with Crippen molar-refractivity contribution in [2.45, 2.75) is 103 Å². The van der Waals surface area contributed by atoms with Crippen molar-refractivity contribution in [1.82, 2.24) is 20.6 Å². The van der Waals surface area contributed by atoms with Gasteiger partial charge in [-0.1, -0.05) is 19.1 Å². The molecule has 16 heteroatoms. The second kappa shape index (κ2) is 17.1. The molecule has 52 heavy (non-hydrogen) atoms. The average Bonchev–Trinajstić information content (AvgIpc) is 3.45. The molecule has 2 aliphatic heterocycles. The second-order valence-electron chi connectivity index (χ2n) is 14.7. The summed E-state index contributed by atoms with van der Waals surface area (Å²) >= 11 is 0. The molecule has 2 aromatic rings. The number of hydrogen-bond acceptors (Lipinski definition) is 8. The maximum absolute atomic E-state index is 14.0. The largest absolute Gasteiger partial charge is 0.460 e. The molecule has 0 unspecified atom stereocenters. The number of hydrogen-bond donors (Lipinski definition) is 2. The van der Waals surface area contributed by atoms with Crippen LogP contribution in [-0.2, 0) is 37.9 Å². The predicted molar refractivity (Wildman–Crippen MR) is 182 cm³/mol. The summed E-state index contributed by atoms with van der Waals surface area (Å²) in [6.45, 7) is 9.03. The lowest BCUT2D eigenvalue weighted by molar-refractivity contribution is -0.155. The summed E-state index contributed by atoms with van der Waals surface area (Å²) in [5.41, 5.74) is -0.749. The maximum atomic E-state index is 14.0. The summed E-state index contributed by atoms with van der Waals surface area (Å²) in [4.78, 5) is 48.4. The van der Waals surface area contributed by atoms with E-state index < -0.39 is 41.3 Å². The highest BCUT2D eigenvalue weighted by molar-refractivity contribution is 5.85. The minimum Gasteiger partial charge on any atom is -0.460 e. The number of anilines is 2. The van der Waals surface area contributed by atoms with Gasteiger partial charge in [-0.2, -0.15) is 26.3 Å². The van der Waals surface area contributed by atoms with Crippen LogP contribution in [0.3, 0.4) is 0 Å². The Morgan fingerprint density at radius 2 is 1.54 bits per heavy atom. The Hall–Kier alpha value is -4.11. The van der Waals surface area contributed by atoms with E-state index in [1.54, 1.807) is 30.6 Å². The third-order valence-electron chi connectivity index (χ3n) is 9.07. The number of alkyl halides is 6. The first kappa shape index (κ1) is 40.7. The number of nitrogens with one attached hydrogen (secondary N) is 2. The Morgan fingerprint density at radius 1 is 0.885 bits per heavy atom. The minimum atomic E-state index is -4.82. The number of aromatic nitrogens is 2. The molecular formula is C36H48F6N6O4. The van der Waals surface area contributed by atoms with Gasteiger partial charge in [-0.3, -0.25) is 14.4 Å². The first-order valence-electron chi connectivity index (χ1n) is 17.7. The number of nitrogens with zero attached hydrogens (tertiary/aromatic N) is 4.